The van der Waals surface area contributed by atoms with Gasteiger partial charge in [-0.05, 0) is 77.3 Å². The molecule has 0 aromatic rings. The Morgan fingerprint density at radius 3 is 1.22 bits per heavy atom. The van der Waals surface area contributed by atoms with Gasteiger partial charge in [0.1, 0.15) is 6.10 Å². The Bertz CT molecular complexity index is 769. The number of aliphatic hydroxyl groups is 1. The second-order valence-electron chi connectivity index (χ2n) is 15.7. The van der Waals surface area contributed by atoms with Gasteiger partial charge in [-0.1, -0.05) is 156 Å². The van der Waals surface area contributed by atoms with Crippen LogP contribution in [0.25, 0.3) is 0 Å². The fourth-order valence-corrected chi connectivity index (χ4v) is 6.94. The molecular weight excluding hydrogens is 695 g/mol. The van der Waals surface area contributed by atoms with Gasteiger partial charge >= 0.3 is 12.3 Å². The molecule has 0 amide bonds. The number of unbranched alkanes of at least 4 members (excludes halogenated alkanes) is 24. The summed E-state index contributed by atoms with van der Waals surface area (Å²) in [4.78, 5) is 26.9. The predicted molar refractivity (Wildman–Crippen MR) is 228 cm³/mol. The minimum Gasteiger partial charge on any atom is -0.434 e. The van der Waals surface area contributed by atoms with E-state index in [0.29, 0.717) is 33.0 Å². The third-order valence-electron chi connectivity index (χ3n) is 10.5. The lowest BCUT2D eigenvalue weighted by Crippen LogP contribution is -2.30. The molecule has 0 aliphatic rings. The molecule has 9 nitrogen and oxygen atoms in total. The van der Waals surface area contributed by atoms with Gasteiger partial charge in [0.2, 0.25) is 0 Å². The van der Waals surface area contributed by atoms with Crippen LogP contribution in [0.5, 0.6) is 0 Å². The first kappa shape index (κ1) is 53.4. The van der Waals surface area contributed by atoms with E-state index in [1.54, 1.807) is 0 Å². The largest absolute Gasteiger partial charge is 0.508 e. The zero-order valence-electron chi connectivity index (χ0n) is 36.6. The van der Waals surface area contributed by atoms with Gasteiger partial charge in [-0.2, -0.15) is 0 Å². The van der Waals surface area contributed by atoms with Crippen LogP contribution in [0.4, 0.5) is 9.59 Å². The predicted octanol–water partition coefficient (Wildman–Crippen LogP) is 13.1. The lowest BCUT2D eigenvalue weighted by Gasteiger charge is -2.22. The van der Waals surface area contributed by atoms with E-state index in [1.165, 1.54) is 109 Å². The minimum absolute atomic E-state index is 0.0157. The van der Waals surface area contributed by atoms with E-state index < -0.39 is 12.3 Å². The first-order chi connectivity index (χ1) is 27.1. The van der Waals surface area contributed by atoms with Crippen LogP contribution in [0.2, 0.25) is 0 Å². The minimum atomic E-state index is -0.542. The van der Waals surface area contributed by atoms with Crippen molar-refractivity contribution in [2.24, 2.45) is 0 Å². The van der Waals surface area contributed by atoms with Crippen LogP contribution < -0.4 is 0 Å². The van der Waals surface area contributed by atoms with Gasteiger partial charge in [0.25, 0.3) is 0 Å². The second kappa shape index (κ2) is 45.1. The van der Waals surface area contributed by atoms with Crippen molar-refractivity contribution in [3.63, 3.8) is 0 Å². The van der Waals surface area contributed by atoms with Gasteiger partial charge in [-0.15, -0.1) is 0 Å². The number of nitrogens with zero attached hydrogens (tertiary/aromatic N) is 1. The van der Waals surface area contributed by atoms with Crippen LogP contribution >= 0.6 is 0 Å². The van der Waals surface area contributed by atoms with Crippen molar-refractivity contribution < 1.29 is 38.4 Å². The SMILES string of the molecule is CCCCCCCCCCCOC(=O)OCCCCCN(CCCCCCCOC(=O)OC(CCCCCCCC)CCCCCCCC)CCOCCO. The number of hydrogen-bond acceptors (Lipinski definition) is 9. The molecule has 55 heavy (non-hydrogen) atoms. The zero-order valence-corrected chi connectivity index (χ0v) is 36.6. The molecule has 0 aromatic heterocycles. The Hall–Kier alpha value is -1.58. The van der Waals surface area contributed by atoms with E-state index in [9.17, 15) is 9.59 Å². The summed E-state index contributed by atoms with van der Waals surface area (Å²) in [7, 11) is 0. The van der Waals surface area contributed by atoms with Crippen molar-refractivity contribution in [2.45, 2.75) is 226 Å². The first-order valence-corrected chi connectivity index (χ1v) is 23.6. The standard InChI is InChI=1S/C46H91NO8/c1-4-7-10-13-16-17-18-23-30-39-52-45(49)53-40-32-25-29-36-47(37-42-51-43-38-48)35-28-22-19-24-31-41-54-46(50)55-44(33-26-20-14-11-8-5-2)34-27-21-15-12-9-6-3/h44,48H,4-43H2,1-3H3. The Morgan fingerprint density at radius 2 is 0.782 bits per heavy atom. The van der Waals surface area contributed by atoms with Crippen molar-refractivity contribution in [1.29, 1.82) is 0 Å². The van der Waals surface area contributed by atoms with Crippen LogP contribution in [0, 0.1) is 0 Å². The molecule has 9 heteroatoms. The molecule has 0 spiro atoms. The van der Waals surface area contributed by atoms with E-state index in [-0.39, 0.29) is 12.7 Å². The molecule has 0 rings (SSSR count). The van der Waals surface area contributed by atoms with Crippen LogP contribution in [0.3, 0.4) is 0 Å². The Labute approximate surface area is 340 Å². The van der Waals surface area contributed by atoms with Crippen molar-refractivity contribution >= 4 is 12.3 Å². The Morgan fingerprint density at radius 1 is 0.418 bits per heavy atom. The highest BCUT2D eigenvalue weighted by atomic mass is 16.7. The summed E-state index contributed by atoms with van der Waals surface area (Å²) >= 11 is 0. The third kappa shape index (κ3) is 41.9. The molecule has 0 bridgehead atoms. The lowest BCUT2D eigenvalue weighted by molar-refractivity contribution is 0.0154. The molecule has 1 N–H and O–H groups in total. The number of aliphatic hydroxyl groups excluding tert-OH is 1. The van der Waals surface area contributed by atoms with Crippen molar-refractivity contribution in [3.8, 4) is 0 Å². The number of ether oxygens (including phenoxy) is 5. The maximum atomic E-state index is 12.5. The number of hydrogen-bond donors (Lipinski definition) is 1. The maximum absolute atomic E-state index is 12.5. The molecule has 0 radical (unpaired) electrons. The summed E-state index contributed by atoms with van der Waals surface area (Å²) < 4.78 is 27.4. The van der Waals surface area contributed by atoms with Gasteiger partial charge in [-0.25, -0.2) is 9.59 Å². The van der Waals surface area contributed by atoms with Gasteiger partial charge in [0.15, 0.2) is 0 Å². The summed E-state index contributed by atoms with van der Waals surface area (Å²) in [6.45, 7) is 11.9. The van der Waals surface area contributed by atoms with E-state index >= 15 is 0 Å². The normalized spacial score (nSPS) is 11.5. The molecule has 328 valence electrons. The van der Waals surface area contributed by atoms with E-state index in [1.807, 2.05) is 0 Å². The molecule has 0 saturated heterocycles. The molecule has 0 fully saturated rings. The van der Waals surface area contributed by atoms with E-state index in [4.69, 9.17) is 28.8 Å². The van der Waals surface area contributed by atoms with Crippen molar-refractivity contribution in [3.05, 3.63) is 0 Å². The molecule has 0 aliphatic heterocycles. The molecule has 0 aromatic carbocycles. The van der Waals surface area contributed by atoms with Gasteiger partial charge < -0.3 is 33.7 Å². The fraction of sp³-hybridized carbons (Fsp3) is 0.957. The number of carbonyl (C=O) groups excluding carboxylic acids is 2. The average molecular weight is 786 g/mol. The second-order valence-corrected chi connectivity index (χ2v) is 15.7. The summed E-state index contributed by atoms with van der Waals surface area (Å²) in [5, 5.41) is 9.05. The Kier molecular flexibility index (Phi) is 43.8. The van der Waals surface area contributed by atoms with Crippen molar-refractivity contribution in [2.75, 3.05) is 59.3 Å². The quantitative estimate of drug-likeness (QED) is 0.0477. The fourth-order valence-electron chi connectivity index (χ4n) is 6.94. The average Bonchev–Trinajstić information content (AvgIpc) is 3.18. The topological polar surface area (TPSA) is 104 Å². The van der Waals surface area contributed by atoms with Gasteiger partial charge in [-0.3, -0.25) is 0 Å². The number of rotatable bonds is 44. The third-order valence-corrected chi connectivity index (χ3v) is 10.5. The van der Waals surface area contributed by atoms with Crippen LogP contribution in [-0.2, 0) is 23.7 Å². The van der Waals surface area contributed by atoms with E-state index in [0.717, 1.165) is 110 Å². The summed E-state index contributed by atoms with van der Waals surface area (Å²) in [5.41, 5.74) is 0. The summed E-state index contributed by atoms with van der Waals surface area (Å²) in [5.74, 6) is 0. The highest BCUT2D eigenvalue weighted by molar-refractivity contribution is 5.60. The highest BCUT2D eigenvalue weighted by Gasteiger charge is 2.15. The number of carbonyl (C=O) groups is 2. The van der Waals surface area contributed by atoms with Gasteiger partial charge in [0, 0.05) is 6.54 Å². The van der Waals surface area contributed by atoms with Crippen LogP contribution in [-0.4, -0.2) is 87.7 Å². The van der Waals surface area contributed by atoms with Crippen molar-refractivity contribution in [1.82, 2.24) is 4.90 Å². The monoisotopic (exact) mass is 786 g/mol. The molecule has 0 saturated carbocycles. The van der Waals surface area contributed by atoms with Crippen LogP contribution in [0.1, 0.15) is 220 Å². The lowest BCUT2D eigenvalue weighted by atomic mass is 10.0. The smallest absolute Gasteiger partial charge is 0.434 e. The maximum Gasteiger partial charge on any atom is 0.508 e. The summed E-state index contributed by atoms with van der Waals surface area (Å²) in [6, 6.07) is 0. The first-order valence-electron chi connectivity index (χ1n) is 23.6. The van der Waals surface area contributed by atoms with Gasteiger partial charge in [0.05, 0.1) is 39.6 Å². The molecular formula is C46H91NO8. The zero-order chi connectivity index (χ0) is 40.1. The molecule has 0 heterocycles. The molecule has 0 unspecified atom stereocenters. The summed E-state index contributed by atoms with van der Waals surface area (Å²) in [6.07, 6.45) is 35.1. The van der Waals surface area contributed by atoms with Crippen LogP contribution in [0.15, 0.2) is 0 Å². The Balaban J connectivity index is 4.11. The highest BCUT2D eigenvalue weighted by Crippen LogP contribution is 2.18. The van der Waals surface area contributed by atoms with E-state index in [2.05, 4.69) is 25.7 Å². The molecule has 0 atom stereocenters. The molecule has 0 aliphatic carbocycles.